The zero-order chi connectivity index (χ0) is 14.5. The molecular formula is C16H16N4. The van der Waals surface area contributed by atoms with Crippen molar-refractivity contribution in [2.75, 3.05) is 0 Å². The fourth-order valence-electron chi connectivity index (χ4n) is 2.08. The van der Waals surface area contributed by atoms with Gasteiger partial charge in [0.05, 0.1) is 22.4 Å². The molecule has 1 aromatic heterocycles. The van der Waals surface area contributed by atoms with Gasteiger partial charge in [0, 0.05) is 35.9 Å². The Labute approximate surface area is 118 Å². The van der Waals surface area contributed by atoms with E-state index < -0.39 is 0 Å². The first-order valence-corrected chi connectivity index (χ1v) is 6.28. The minimum absolute atomic E-state index is 0.756. The van der Waals surface area contributed by atoms with E-state index in [-0.39, 0.29) is 0 Å². The first kappa shape index (κ1) is 13.8. The van der Waals surface area contributed by atoms with Crippen LogP contribution < -0.4 is 0 Å². The van der Waals surface area contributed by atoms with E-state index in [1.807, 2.05) is 13.8 Å². The average Bonchev–Trinajstić information content (AvgIpc) is 2.48. The van der Waals surface area contributed by atoms with Crippen LogP contribution in [0.15, 0.2) is 41.6 Å². The fourth-order valence-corrected chi connectivity index (χ4v) is 2.08. The van der Waals surface area contributed by atoms with Crippen LogP contribution >= 0.6 is 0 Å². The first-order chi connectivity index (χ1) is 9.74. The molecule has 0 radical (unpaired) electrons. The number of fused-ring (bicyclic) bond motifs is 1. The van der Waals surface area contributed by atoms with Gasteiger partial charge in [0.2, 0.25) is 0 Å². The van der Waals surface area contributed by atoms with Crippen LogP contribution in [0.3, 0.4) is 0 Å². The van der Waals surface area contributed by atoms with Crippen LogP contribution in [-0.2, 0) is 0 Å². The molecule has 0 unspecified atom stereocenters. The molecule has 2 aromatic rings. The lowest BCUT2D eigenvalue weighted by atomic mass is 10.0. The van der Waals surface area contributed by atoms with Crippen LogP contribution in [0.2, 0.25) is 0 Å². The van der Waals surface area contributed by atoms with Crippen LogP contribution in [0.1, 0.15) is 18.1 Å². The molecular weight excluding hydrogens is 248 g/mol. The van der Waals surface area contributed by atoms with E-state index in [1.165, 1.54) is 0 Å². The molecule has 0 bridgehead atoms. The number of benzene rings is 1. The van der Waals surface area contributed by atoms with Gasteiger partial charge in [-0.25, -0.2) is 0 Å². The fraction of sp³-hybridized carbons (Fsp3) is 0.125. The Kier molecular flexibility index (Phi) is 4.15. The number of hydrogen-bond acceptors (Lipinski definition) is 4. The molecule has 0 saturated heterocycles. The number of aromatic nitrogens is 2. The predicted molar refractivity (Wildman–Crippen MR) is 86.5 cm³/mol. The third-order valence-electron chi connectivity index (χ3n) is 2.91. The molecule has 2 rings (SSSR count). The molecule has 0 amide bonds. The Hall–Kier alpha value is -2.62. The average molecular weight is 264 g/mol. The van der Waals surface area contributed by atoms with Gasteiger partial charge in [-0.3, -0.25) is 20.0 Å². The topological polar surface area (TPSA) is 50.5 Å². The van der Waals surface area contributed by atoms with Crippen molar-refractivity contribution in [3.05, 3.63) is 42.8 Å². The Morgan fingerprint density at radius 1 is 1.05 bits per heavy atom. The molecule has 4 heteroatoms. The number of aliphatic imine (C=N–C) groups is 2. The summed E-state index contributed by atoms with van der Waals surface area (Å²) < 4.78 is 0. The largest absolute Gasteiger partial charge is 0.259 e. The minimum Gasteiger partial charge on any atom is -0.259 e. The van der Waals surface area contributed by atoms with Crippen LogP contribution in [0.5, 0.6) is 0 Å². The Balaban J connectivity index is 2.97. The van der Waals surface area contributed by atoms with Crippen molar-refractivity contribution in [2.45, 2.75) is 13.8 Å². The summed E-state index contributed by atoms with van der Waals surface area (Å²) >= 11 is 0. The van der Waals surface area contributed by atoms with Gasteiger partial charge < -0.3 is 0 Å². The molecule has 20 heavy (non-hydrogen) atoms. The van der Waals surface area contributed by atoms with Crippen molar-refractivity contribution >= 4 is 40.9 Å². The lowest BCUT2D eigenvalue weighted by Crippen LogP contribution is -1.92. The molecule has 0 N–H and O–H groups in total. The molecule has 0 aliphatic rings. The highest BCUT2D eigenvalue weighted by molar-refractivity contribution is 5.99. The first-order valence-electron chi connectivity index (χ1n) is 6.28. The number of hydrogen-bond donors (Lipinski definition) is 0. The van der Waals surface area contributed by atoms with E-state index in [0.717, 1.165) is 33.5 Å². The van der Waals surface area contributed by atoms with Crippen molar-refractivity contribution in [1.29, 1.82) is 0 Å². The van der Waals surface area contributed by atoms with Gasteiger partial charge in [-0.15, -0.1) is 0 Å². The molecule has 0 saturated carbocycles. The second-order valence-corrected chi connectivity index (χ2v) is 4.09. The summed E-state index contributed by atoms with van der Waals surface area (Å²) in [5.41, 5.74) is 4.91. The van der Waals surface area contributed by atoms with Crippen molar-refractivity contribution < 1.29 is 0 Å². The van der Waals surface area contributed by atoms with Gasteiger partial charge in [-0.1, -0.05) is 25.3 Å². The Bertz CT molecular complexity index is 727. The summed E-state index contributed by atoms with van der Waals surface area (Å²) in [4.78, 5) is 17.7. The number of nitrogens with zero attached hydrogens (tertiary/aromatic N) is 4. The summed E-state index contributed by atoms with van der Waals surface area (Å²) in [6.07, 6.45) is 10.1. The summed E-state index contributed by atoms with van der Waals surface area (Å²) in [5, 5.41) is 0. The van der Waals surface area contributed by atoms with E-state index >= 15 is 0 Å². The zero-order valence-corrected chi connectivity index (χ0v) is 11.7. The molecule has 0 fully saturated rings. The molecule has 0 aliphatic carbocycles. The monoisotopic (exact) mass is 264 g/mol. The van der Waals surface area contributed by atoms with Crippen molar-refractivity contribution in [1.82, 2.24) is 9.97 Å². The van der Waals surface area contributed by atoms with Gasteiger partial charge in [0.25, 0.3) is 0 Å². The second-order valence-electron chi connectivity index (χ2n) is 4.09. The number of allylic oxidation sites excluding steroid dienone is 1. The maximum absolute atomic E-state index is 4.43. The third kappa shape index (κ3) is 2.28. The Morgan fingerprint density at radius 3 is 2.35 bits per heavy atom. The quantitative estimate of drug-likeness (QED) is 0.777. The highest BCUT2D eigenvalue weighted by Gasteiger charge is 2.15. The van der Waals surface area contributed by atoms with Crippen molar-refractivity contribution in [3.63, 3.8) is 0 Å². The van der Waals surface area contributed by atoms with Crippen LogP contribution in [-0.4, -0.2) is 22.4 Å². The van der Waals surface area contributed by atoms with Crippen LogP contribution in [0.4, 0.5) is 11.4 Å². The standard InChI is InChI=1S/C16H16N4/c1-5-8-18-13-11(4)14-16(20-10-9-19-14)12(6-2)15(13)17-7-3/h5-10H,1-2H2,3-4H3/b17-7-,18-8-. The number of aryl methyl sites for hydroxylation is 1. The molecule has 1 heterocycles. The highest BCUT2D eigenvalue weighted by Crippen LogP contribution is 2.40. The lowest BCUT2D eigenvalue weighted by molar-refractivity contribution is 1.26. The maximum Gasteiger partial charge on any atom is 0.0984 e. The molecule has 0 spiro atoms. The highest BCUT2D eigenvalue weighted by atomic mass is 14.9. The maximum atomic E-state index is 4.43. The number of rotatable bonds is 4. The van der Waals surface area contributed by atoms with E-state index in [2.05, 4.69) is 33.1 Å². The Morgan fingerprint density at radius 2 is 1.75 bits per heavy atom. The van der Waals surface area contributed by atoms with Gasteiger partial charge in [0.15, 0.2) is 0 Å². The summed E-state index contributed by atoms with van der Waals surface area (Å²) in [6.45, 7) is 11.3. The SMILES string of the molecule is C=C/C=N\c1c(/N=C\C)c(C=C)c2nccnc2c1C. The van der Waals surface area contributed by atoms with Gasteiger partial charge in [0.1, 0.15) is 0 Å². The van der Waals surface area contributed by atoms with Gasteiger partial charge in [-0.2, -0.15) is 0 Å². The van der Waals surface area contributed by atoms with E-state index in [4.69, 9.17) is 0 Å². The van der Waals surface area contributed by atoms with Crippen LogP contribution in [0.25, 0.3) is 17.1 Å². The second kappa shape index (κ2) is 6.02. The van der Waals surface area contributed by atoms with E-state index in [9.17, 15) is 0 Å². The van der Waals surface area contributed by atoms with Gasteiger partial charge in [-0.05, 0) is 13.8 Å². The normalized spacial score (nSPS) is 11.5. The van der Waals surface area contributed by atoms with E-state index in [1.54, 1.807) is 37.0 Å². The molecule has 4 nitrogen and oxygen atoms in total. The van der Waals surface area contributed by atoms with Crippen LogP contribution in [0, 0.1) is 6.92 Å². The summed E-state index contributed by atoms with van der Waals surface area (Å²) in [6, 6.07) is 0. The van der Waals surface area contributed by atoms with E-state index in [0.29, 0.717) is 0 Å². The predicted octanol–water partition coefficient (Wildman–Crippen LogP) is 4.19. The molecule has 1 aromatic carbocycles. The third-order valence-corrected chi connectivity index (χ3v) is 2.91. The summed E-state index contributed by atoms with van der Waals surface area (Å²) in [7, 11) is 0. The molecule has 100 valence electrons. The summed E-state index contributed by atoms with van der Waals surface area (Å²) in [5.74, 6) is 0. The molecule has 0 atom stereocenters. The smallest absolute Gasteiger partial charge is 0.0984 e. The minimum atomic E-state index is 0.756. The lowest BCUT2D eigenvalue weighted by Gasteiger charge is -2.12. The van der Waals surface area contributed by atoms with Gasteiger partial charge >= 0.3 is 0 Å². The van der Waals surface area contributed by atoms with Crippen molar-refractivity contribution in [3.8, 4) is 0 Å². The molecule has 0 aliphatic heterocycles. The van der Waals surface area contributed by atoms with Crippen molar-refractivity contribution in [2.24, 2.45) is 9.98 Å². The zero-order valence-electron chi connectivity index (χ0n) is 11.7.